The quantitative estimate of drug-likeness (QED) is 0.287. The molecule has 154 valence electrons. The second kappa shape index (κ2) is 10.6. The number of aryl methyl sites for hydroxylation is 1. The normalized spacial score (nSPS) is 16.8. The Hall–Kier alpha value is -1.84. The Kier molecular flexibility index (Phi) is 8.53. The SMILES string of the molecule is CN=C(NCCCN(C)c1ccccc1F)N1CCC(c2cnn(C)c2)C1.I. The smallest absolute Gasteiger partial charge is 0.193 e. The van der Waals surface area contributed by atoms with Gasteiger partial charge in [-0.2, -0.15) is 5.10 Å². The Labute approximate surface area is 183 Å². The van der Waals surface area contributed by atoms with Gasteiger partial charge in [-0.3, -0.25) is 9.67 Å². The van der Waals surface area contributed by atoms with E-state index >= 15 is 0 Å². The summed E-state index contributed by atoms with van der Waals surface area (Å²) in [5.74, 6) is 1.27. The molecule has 1 unspecified atom stereocenters. The fraction of sp³-hybridized carbons (Fsp3) is 0.500. The number of benzene rings is 1. The third-order valence-corrected chi connectivity index (χ3v) is 5.11. The number of aliphatic imine (C=N–C) groups is 1. The predicted molar refractivity (Wildman–Crippen MR) is 123 cm³/mol. The molecule has 8 heteroatoms. The van der Waals surface area contributed by atoms with E-state index in [1.165, 1.54) is 11.6 Å². The third kappa shape index (κ3) is 5.59. The number of anilines is 1. The molecule has 0 aliphatic carbocycles. The molecule has 0 spiro atoms. The first kappa shape index (κ1) is 22.4. The Morgan fingerprint density at radius 2 is 2.18 bits per heavy atom. The van der Waals surface area contributed by atoms with Crippen molar-refractivity contribution in [1.29, 1.82) is 0 Å². The molecular weight excluding hydrogens is 470 g/mol. The highest BCUT2D eigenvalue weighted by Crippen LogP contribution is 2.26. The standard InChI is InChI=1S/C20H29FN6.HI/c1-22-20(27-12-9-16(15-27)17-13-24-26(3)14-17)23-10-6-11-25(2)19-8-5-4-7-18(19)21;/h4-5,7-8,13-14,16H,6,9-12,15H2,1-3H3,(H,22,23);1H. The molecule has 1 aliphatic rings. The van der Waals surface area contributed by atoms with Crippen molar-refractivity contribution in [2.45, 2.75) is 18.8 Å². The summed E-state index contributed by atoms with van der Waals surface area (Å²) in [7, 11) is 5.70. The number of para-hydroxylation sites is 1. The van der Waals surface area contributed by atoms with E-state index in [4.69, 9.17) is 0 Å². The molecule has 1 aliphatic heterocycles. The lowest BCUT2D eigenvalue weighted by atomic mass is 10.0. The van der Waals surface area contributed by atoms with Gasteiger partial charge in [0.2, 0.25) is 0 Å². The summed E-state index contributed by atoms with van der Waals surface area (Å²) in [6.07, 6.45) is 6.08. The maximum atomic E-state index is 13.8. The monoisotopic (exact) mass is 500 g/mol. The summed E-state index contributed by atoms with van der Waals surface area (Å²) in [4.78, 5) is 8.69. The van der Waals surface area contributed by atoms with Crippen LogP contribution in [0, 0.1) is 5.82 Å². The molecule has 1 atom stereocenters. The van der Waals surface area contributed by atoms with Crippen LogP contribution in [-0.2, 0) is 7.05 Å². The van der Waals surface area contributed by atoms with Crippen LogP contribution >= 0.6 is 24.0 Å². The summed E-state index contributed by atoms with van der Waals surface area (Å²) in [6, 6.07) is 6.89. The van der Waals surface area contributed by atoms with Crippen molar-refractivity contribution < 1.29 is 4.39 Å². The molecule has 1 aromatic heterocycles. The van der Waals surface area contributed by atoms with E-state index in [0.29, 0.717) is 11.6 Å². The van der Waals surface area contributed by atoms with Gasteiger partial charge in [0.05, 0.1) is 11.9 Å². The van der Waals surface area contributed by atoms with Gasteiger partial charge in [0.1, 0.15) is 5.82 Å². The van der Waals surface area contributed by atoms with E-state index in [-0.39, 0.29) is 29.8 Å². The molecule has 2 heterocycles. The molecule has 1 saturated heterocycles. The number of aromatic nitrogens is 2. The summed E-state index contributed by atoms with van der Waals surface area (Å²) in [5, 5.41) is 7.73. The second-order valence-corrected chi connectivity index (χ2v) is 7.08. The van der Waals surface area contributed by atoms with Crippen LogP contribution < -0.4 is 10.2 Å². The van der Waals surface area contributed by atoms with Crippen molar-refractivity contribution in [1.82, 2.24) is 20.0 Å². The van der Waals surface area contributed by atoms with E-state index in [0.717, 1.165) is 45.0 Å². The van der Waals surface area contributed by atoms with Crippen LogP contribution in [0.4, 0.5) is 10.1 Å². The number of nitrogens with zero attached hydrogens (tertiary/aromatic N) is 5. The minimum absolute atomic E-state index is 0. The minimum atomic E-state index is -0.178. The fourth-order valence-electron chi connectivity index (χ4n) is 3.61. The van der Waals surface area contributed by atoms with Crippen molar-refractivity contribution >= 4 is 35.6 Å². The average molecular weight is 500 g/mol. The molecule has 0 saturated carbocycles. The van der Waals surface area contributed by atoms with Crippen LogP contribution in [0.25, 0.3) is 0 Å². The zero-order chi connectivity index (χ0) is 19.2. The lowest BCUT2D eigenvalue weighted by Crippen LogP contribution is -2.41. The van der Waals surface area contributed by atoms with Crippen LogP contribution in [0.3, 0.4) is 0 Å². The highest BCUT2D eigenvalue weighted by atomic mass is 127. The Bertz CT molecular complexity index is 778. The van der Waals surface area contributed by atoms with Crippen molar-refractivity contribution in [2.24, 2.45) is 12.0 Å². The Balaban J connectivity index is 0.00000280. The van der Waals surface area contributed by atoms with Gasteiger partial charge in [-0.25, -0.2) is 4.39 Å². The predicted octanol–water partition coefficient (Wildman–Crippen LogP) is 3.07. The molecule has 6 nitrogen and oxygen atoms in total. The van der Waals surface area contributed by atoms with Crippen molar-refractivity contribution in [2.75, 3.05) is 45.2 Å². The Morgan fingerprint density at radius 1 is 1.39 bits per heavy atom. The topological polar surface area (TPSA) is 48.7 Å². The first-order valence-electron chi connectivity index (χ1n) is 9.48. The zero-order valence-electron chi connectivity index (χ0n) is 16.8. The Morgan fingerprint density at radius 3 is 2.86 bits per heavy atom. The van der Waals surface area contributed by atoms with Gasteiger partial charge in [0, 0.05) is 59.4 Å². The van der Waals surface area contributed by atoms with E-state index < -0.39 is 0 Å². The van der Waals surface area contributed by atoms with Gasteiger partial charge in [-0.05, 0) is 30.5 Å². The summed E-state index contributed by atoms with van der Waals surface area (Å²) in [6.45, 7) is 3.54. The van der Waals surface area contributed by atoms with Crippen molar-refractivity contribution in [3.8, 4) is 0 Å². The summed E-state index contributed by atoms with van der Waals surface area (Å²) in [5.41, 5.74) is 1.93. The first-order chi connectivity index (χ1) is 13.1. The molecule has 1 aromatic carbocycles. The number of hydrogen-bond acceptors (Lipinski definition) is 3. The highest BCUT2D eigenvalue weighted by molar-refractivity contribution is 14.0. The average Bonchev–Trinajstić information content (AvgIpc) is 3.31. The molecule has 28 heavy (non-hydrogen) atoms. The molecule has 0 radical (unpaired) electrons. The molecule has 0 bridgehead atoms. The van der Waals surface area contributed by atoms with Gasteiger partial charge in [0.15, 0.2) is 5.96 Å². The molecular formula is C20H30FIN6. The van der Waals surface area contributed by atoms with Gasteiger partial charge < -0.3 is 15.1 Å². The van der Waals surface area contributed by atoms with Crippen LogP contribution in [0.15, 0.2) is 41.7 Å². The number of rotatable bonds is 6. The van der Waals surface area contributed by atoms with Crippen LogP contribution in [-0.4, -0.2) is 60.9 Å². The fourth-order valence-corrected chi connectivity index (χ4v) is 3.61. The van der Waals surface area contributed by atoms with Gasteiger partial charge in [0.25, 0.3) is 0 Å². The van der Waals surface area contributed by atoms with Crippen molar-refractivity contribution in [3.05, 3.63) is 48.0 Å². The lowest BCUT2D eigenvalue weighted by molar-refractivity contribution is 0.485. The number of likely N-dealkylation sites (tertiary alicyclic amines) is 1. The lowest BCUT2D eigenvalue weighted by Gasteiger charge is -2.23. The first-order valence-corrected chi connectivity index (χ1v) is 9.48. The van der Waals surface area contributed by atoms with E-state index in [1.807, 2.05) is 49.1 Å². The van der Waals surface area contributed by atoms with Crippen LogP contribution in [0.5, 0.6) is 0 Å². The van der Waals surface area contributed by atoms with Gasteiger partial charge in [-0.15, -0.1) is 24.0 Å². The van der Waals surface area contributed by atoms with Crippen LogP contribution in [0.1, 0.15) is 24.3 Å². The van der Waals surface area contributed by atoms with Crippen molar-refractivity contribution in [3.63, 3.8) is 0 Å². The summed E-state index contributed by atoms with van der Waals surface area (Å²) >= 11 is 0. The van der Waals surface area contributed by atoms with E-state index in [9.17, 15) is 4.39 Å². The minimum Gasteiger partial charge on any atom is -0.372 e. The number of guanidine groups is 1. The van der Waals surface area contributed by atoms with Gasteiger partial charge in [-0.1, -0.05) is 12.1 Å². The number of hydrogen-bond donors (Lipinski definition) is 1. The number of halogens is 2. The molecule has 0 amide bonds. The molecule has 2 aromatic rings. The molecule has 1 N–H and O–H groups in total. The second-order valence-electron chi connectivity index (χ2n) is 7.08. The highest BCUT2D eigenvalue weighted by Gasteiger charge is 2.26. The maximum absolute atomic E-state index is 13.8. The molecule has 1 fully saturated rings. The maximum Gasteiger partial charge on any atom is 0.193 e. The van der Waals surface area contributed by atoms with Crippen LogP contribution in [0.2, 0.25) is 0 Å². The van der Waals surface area contributed by atoms with E-state index in [1.54, 1.807) is 6.07 Å². The third-order valence-electron chi connectivity index (χ3n) is 5.11. The number of nitrogens with one attached hydrogen (secondary N) is 1. The largest absolute Gasteiger partial charge is 0.372 e. The van der Waals surface area contributed by atoms with Gasteiger partial charge >= 0.3 is 0 Å². The van der Waals surface area contributed by atoms with E-state index in [2.05, 4.69) is 26.5 Å². The molecule has 3 rings (SSSR count). The summed E-state index contributed by atoms with van der Waals surface area (Å²) < 4.78 is 15.7. The zero-order valence-corrected chi connectivity index (χ0v) is 19.1.